The second kappa shape index (κ2) is 4.35. The van der Waals surface area contributed by atoms with Crippen molar-refractivity contribution in [3.05, 3.63) is 23.3 Å². The molecular weight excluding hydrogens is 124 g/mol. The highest BCUT2D eigenvalue weighted by molar-refractivity contribution is 5.49. The van der Waals surface area contributed by atoms with Crippen LogP contribution < -0.4 is 0 Å². The van der Waals surface area contributed by atoms with Gasteiger partial charge in [-0.1, -0.05) is 12.2 Å². The molecule has 0 amide bonds. The van der Waals surface area contributed by atoms with Gasteiger partial charge < -0.3 is 0 Å². The Labute approximate surface area is 60.7 Å². The predicted octanol–water partition coefficient (Wildman–Crippen LogP) is 1.93. The molecule has 0 aromatic heterocycles. The molecule has 0 saturated heterocycles. The lowest BCUT2D eigenvalue weighted by Gasteiger charge is -1.88. The van der Waals surface area contributed by atoms with Crippen LogP contribution in [-0.4, -0.2) is 0 Å². The minimum atomic E-state index is 0.435. The second-order valence-electron chi connectivity index (χ2n) is 1.63. The van der Waals surface area contributed by atoms with E-state index in [-0.39, 0.29) is 0 Å². The van der Waals surface area contributed by atoms with Gasteiger partial charge in [0.2, 0.25) is 0 Å². The normalized spacial score (nSPS) is 12.0. The summed E-state index contributed by atoms with van der Waals surface area (Å²) in [7, 11) is 0. The third-order valence-electron chi connectivity index (χ3n) is 1.11. The molecule has 0 heterocycles. The molecule has 0 saturated carbocycles. The summed E-state index contributed by atoms with van der Waals surface area (Å²) >= 11 is 0. The van der Waals surface area contributed by atoms with Crippen molar-refractivity contribution in [1.29, 1.82) is 10.5 Å². The SMILES string of the molecule is CC=C(C#N)C(C#N)=CC. The Morgan fingerprint density at radius 3 is 1.40 bits per heavy atom. The molecule has 10 heavy (non-hydrogen) atoms. The molecule has 0 atom stereocenters. The van der Waals surface area contributed by atoms with Gasteiger partial charge in [0.05, 0.1) is 11.1 Å². The molecule has 0 aliphatic carbocycles. The zero-order valence-electron chi connectivity index (χ0n) is 6.05. The molecule has 0 rings (SSSR count). The van der Waals surface area contributed by atoms with Gasteiger partial charge in [0, 0.05) is 0 Å². The van der Waals surface area contributed by atoms with Crippen molar-refractivity contribution >= 4 is 0 Å². The average Bonchev–Trinajstić information content (AvgIpc) is 2.00. The molecule has 0 spiro atoms. The number of hydrogen-bond acceptors (Lipinski definition) is 2. The maximum Gasteiger partial charge on any atom is 0.100 e. The lowest BCUT2D eigenvalue weighted by molar-refractivity contribution is 1.40. The van der Waals surface area contributed by atoms with Gasteiger partial charge in [-0.05, 0) is 13.8 Å². The van der Waals surface area contributed by atoms with Crippen molar-refractivity contribution in [1.82, 2.24) is 0 Å². The molecule has 0 unspecified atom stereocenters. The molecule has 0 bridgehead atoms. The fourth-order valence-electron chi connectivity index (χ4n) is 0.561. The third kappa shape index (κ3) is 1.76. The number of allylic oxidation sites excluding steroid dienone is 4. The van der Waals surface area contributed by atoms with E-state index < -0.39 is 0 Å². The highest BCUT2D eigenvalue weighted by Gasteiger charge is 1.98. The maximum atomic E-state index is 8.45. The van der Waals surface area contributed by atoms with Crippen LogP contribution in [0.4, 0.5) is 0 Å². The summed E-state index contributed by atoms with van der Waals surface area (Å²) < 4.78 is 0. The smallest absolute Gasteiger partial charge is 0.100 e. The molecule has 0 aromatic rings. The van der Waals surface area contributed by atoms with E-state index in [1.807, 2.05) is 12.1 Å². The highest BCUT2D eigenvalue weighted by atomic mass is 14.3. The van der Waals surface area contributed by atoms with E-state index in [4.69, 9.17) is 10.5 Å². The number of rotatable bonds is 1. The first-order valence-electron chi connectivity index (χ1n) is 2.93. The molecule has 0 radical (unpaired) electrons. The molecule has 0 aromatic carbocycles. The van der Waals surface area contributed by atoms with Crippen molar-refractivity contribution < 1.29 is 0 Å². The number of nitrogens with zero attached hydrogens (tertiary/aromatic N) is 2. The Hall–Kier alpha value is -1.54. The van der Waals surface area contributed by atoms with Crippen LogP contribution in [0.5, 0.6) is 0 Å². The van der Waals surface area contributed by atoms with E-state index in [0.29, 0.717) is 11.1 Å². The van der Waals surface area contributed by atoms with Crippen LogP contribution in [0, 0.1) is 22.7 Å². The predicted molar refractivity (Wildman–Crippen MR) is 38.7 cm³/mol. The Balaban J connectivity index is 4.70. The van der Waals surface area contributed by atoms with E-state index in [2.05, 4.69) is 0 Å². The van der Waals surface area contributed by atoms with Crippen molar-refractivity contribution in [2.45, 2.75) is 13.8 Å². The summed E-state index contributed by atoms with van der Waals surface area (Å²) in [5.41, 5.74) is 0.870. The quantitative estimate of drug-likeness (QED) is 0.404. The van der Waals surface area contributed by atoms with Crippen LogP contribution in [-0.2, 0) is 0 Å². The summed E-state index contributed by atoms with van der Waals surface area (Å²) in [6.07, 6.45) is 3.25. The van der Waals surface area contributed by atoms with Crippen LogP contribution >= 0.6 is 0 Å². The molecule has 0 N–H and O–H groups in total. The molecular formula is C8H8N2. The fourth-order valence-corrected chi connectivity index (χ4v) is 0.561. The van der Waals surface area contributed by atoms with Crippen LogP contribution in [0.25, 0.3) is 0 Å². The van der Waals surface area contributed by atoms with Gasteiger partial charge in [-0.2, -0.15) is 10.5 Å². The molecule has 0 fully saturated rings. The van der Waals surface area contributed by atoms with Gasteiger partial charge in [-0.25, -0.2) is 0 Å². The Bertz CT molecular complexity index is 217. The van der Waals surface area contributed by atoms with E-state index in [9.17, 15) is 0 Å². The summed E-state index contributed by atoms with van der Waals surface area (Å²) in [4.78, 5) is 0. The monoisotopic (exact) mass is 132 g/mol. The summed E-state index contributed by atoms with van der Waals surface area (Å²) in [6.45, 7) is 3.47. The van der Waals surface area contributed by atoms with Gasteiger partial charge in [0.25, 0.3) is 0 Å². The molecule has 50 valence electrons. The van der Waals surface area contributed by atoms with E-state index in [1.54, 1.807) is 26.0 Å². The highest BCUT2D eigenvalue weighted by Crippen LogP contribution is 2.05. The first-order chi connectivity index (χ1) is 4.79. The van der Waals surface area contributed by atoms with Gasteiger partial charge in [0.15, 0.2) is 0 Å². The third-order valence-corrected chi connectivity index (χ3v) is 1.11. The van der Waals surface area contributed by atoms with Crippen LogP contribution in [0.2, 0.25) is 0 Å². The van der Waals surface area contributed by atoms with Crippen molar-refractivity contribution in [2.24, 2.45) is 0 Å². The standard InChI is InChI=1S/C8H8N2/c1-3-7(5-9)8(4-2)6-10/h3-4H,1-2H3. The van der Waals surface area contributed by atoms with Crippen LogP contribution in [0.3, 0.4) is 0 Å². The zero-order chi connectivity index (χ0) is 7.98. The largest absolute Gasteiger partial charge is 0.192 e. The summed E-state index contributed by atoms with van der Waals surface area (Å²) in [5, 5.41) is 16.9. The first-order valence-corrected chi connectivity index (χ1v) is 2.93. The van der Waals surface area contributed by atoms with Crippen LogP contribution in [0.15, 0.2) is 23.3 Å². The van der Waals surface area contributed by atoms with Crippen molar-refractivity contribution in [3.8, 4) is 12.1 Å². The Kier molecular flexibility index (Phi) is 3.68. The lowest BCUT2D eigenvalue weighted by atomic mass is 10.1. The minimum Gasteiger partial charge on any atom is -0.192 e. The van der Waals surface area contributed by atoms with Crippen LogP contribution in [0.1, 0.15) is 13.8 Å². The Morgan fingerprint density at radius 1 is 1.00 bits per heavy atom. The molecule has 2 nitrogen and oxygen atoms in total. The van der Waals surface area contributed by atoms with Gasteiger partial charge in [-0.15, -0.1) is 0 Å². The zero-order valence-corrected chi connectivity index (χ0v) is 6.05. The minimum absolute atomic E-state index is 0.435. The van der Waals surface area contributed by atoms with Gasteiger partial charge in [0.1, 0.15) is 12.1 Å². The maximum absolute atomic E-state index is 8.45. The first kappa shape index (κ1) is 8.46. The van der Waals surface area contributed by atoms with E-state index in [1.165, 1.54) is 0 Å². The fraction of sp³-hybridized carbons (Fsp3) is 0.250. The summed E-state index contributed by atoms with van der Waals surface area (Å²) in [5.74, 6) is 0. The van der Waals surface area contributed by atoms with Gasteiger partial charge >= 0.3 is 0 Å². The summed E-state index contributed by atoms with van der Waals surface area (Å²) in [6, 6.07) is 3.85. The number of nitriles is 2. The van der Waals surface area contributed by atoms with Gasteiger partial charge in [-0.3, -0.25) is 0 Å². The van der Waals surface area contributed by atoms with E-state index >= 15 is 0 Å². The number of hydrogen-bond donors (Lipinski definition) is 0. The second-order valence-corrected chi connectivity index (χ2v) is 1.63. The molecule has 2 heteroatoms. The van der Waals surface area contributed by atoms with E-state index in [0.717, 1.165) is 0 Å². The average molecular weight is 132 g/mol. The van der Waals surface area contributed by atoms with Crippen molar-refractivity contribution in [2.75, 3.05) is 0 Å². The topological polar surface area (TPSA) is 47.6 Å². The lowest BCUT2D eigenvalue weighted by Crippen LogP contribution is -1.80. The Morgan fingerprint density at radius 2 is 1.30 bits per heavy atom. The van der Waals surface area contributed by atoms with Crippen molar-refractivity contribution in [3.63, 3.8) is 0 Å². The molecule has 0 aliphatic rings. The molecule has 0 aliphatic heterocycles.